The Bertz CT molecular complexity index is 1050. The van der Waals surface area contributed by atoms with Gasteiger partial charge >= 0.3 is 12.2 Å². The van der Waals surface area contributed by atoms with Gasteiger partial charge in [0, 0.05) is 31.5 Å². The molecule has 176 valence electrons. The van der Waals surface area contributed by atoms with Crippen molar-refractivity contribution >= 4 is 34.8 Å². The highest BCUT2D eigenvalue weighted by Crippen LogP contribution is 2.31. The molecule has 1 aromatic carbocycles. The molecule has 0 saturated carbocycles. The second kappa shape index (κ2) is 10.2. The fraction of sp³-hybridized carbons (Fsp3) is 0.348. The van der Waals surface area contributed by atoms with Crippen LogP contribution in [-0.4, -0.2) is 41.5 Å². The van der Waals surface area contributed by atoms with E-state index >= 15 is 0 Å². The van der Waals surface area contributed by atoms with Gasteiger partial charge < -0.3 is 15.5 Å². The molecule has 33 heavy (non-hydrogen) atoms. The average molecular weight is 481 g/mol. The van der Waals surface area contributed by atoms with Crippen LogP contribution in [0, 0.1) is 0 Å². The van der Waals surface area contributed by atoms with Gasteiger partial charge in [0.1, 0.15) is 0 Å². The van der Waals surface area contributed by atoms with Crippen molar-refractivity contribution in [2.45, 2.75) is 32.4 Å². The number of hydrogen-bond donors (Lipinski definition) is 2. The lowest BCUT2D eigenvalue weighted by Gasteiger charge is -2.27. The van der Waals surface area contributed by atoms with Crippen molar-refractivity contribution in [1.82, 2.24) is 15.2 Å². The Morgan fingerprint density at radius 3 is 2.48 bits per heavy atom. The minimum absolute atomic E-state index is 0.102. The number of carbonyl (C=O) groups excluding carboxylic acids is 2. The molecule has 3 amide bonds. The third-order valence-corrected chi connectivity index (χ3v) is 5.66. The Morgan fingerprint density at radius 1 is 1.24 bits per heavy atom. The third kappa shape index (κ3) is 6.04. The van der Waals surface area contributed by atoms with E-state index in [1.165, 1.54) is 12.1 Å². The molecule has 0 aliphatic carbocycles. The maximum absolute atomic E-state index is 12.7. The molecule has 2 aromatic rings. The number of carbonyl (C=O) groups is 2. The lowest BCUT2D eigenvalue weighted by Crippen LogP contribution is -2.38. The van der Waals surface area contributed by atoms with Crippen LogP contribution in [0.2, 0.25) is 5.02 Å². The lowest BCUT2D eigenvalue weighted by molar-refractivity contribution is -0.137. The number of hydrogen-bond acceptors (Lipinski definition) is 3. The van der Waals surface area contributed by atoms with Crippen LogP contribution in [-0.2, 0) is 11.0 Å². The van der Waals surface area contributed by atoms with Crippen molar-refractivity contribution < 1.29 is 22.8 Å². The van der Waals surface area contributed by atoms with Crippen molar-refractivity contribution in [3.63, 3.8) is 0 Å². The number of pyridine rings is 1. The monoisotopic (exact) mass is 480 g/mol. The van der Waals surface area contributed by atoms with Gasteiger partial charge in [0.2, 0.25) is 5.91 Å². The van der Waals surface area contributed by atoms with E-state index in [0.717, 1.165) is 17.7 Å². The summed E-state index contributed by atoms with van der Waals surface area (Å²) in [6.45, 7) is 4.87. The first-order valence-electron chi connectivity index (χ1n) is 10.5. The highest BCUT2D eigenvalue weighted by atomic mass is 35.5. The van der Waals surface area contributed by atoms with E-state index in [1.54, 1.807) is 24.1 Å². The number of urea groups is 1. The van der Waals surface area contributed by atoms with E-state index in [9.17, 15) is 22.8 Å². The molecule has 1 atom stereocenters. The second-order valence-corrected chi connectivity index (χ2v) is 8.05. The maximum atomic E-state index is 12.7. The first-order valence-corrected chi connectivity index (χ1v) is 10.8. The first kappa shape index (κ1) is 24.6. The van der Waals surface area contributed by atoms with Crippen molar-refractivity contribution in [1.29, 1.82) is 0 Å². The van der Waals surface area contributed by atoms with Crippen LogP contribution in [0.15, 0.2) is 42.6 Å². The highest BCUT2D eigenvalue weighted by Gasteiger charge is 2.30. The number of amides is 3. The van der Waals surface area contributed by atoms with Gasteiger partial charge in [-0.15, -0.1) is 0 Å². The van der Waals surface area contributed by atoms with E-state index in [2.05, 4.69) is 15.6 Å². The zero-order valence-corrected chi connectivity index (χ0v) is 18.9. The van der Waals surface area contributed by atoms with Crippen LogP contribution in [0.25, 0.3) is 5.57 Å². The zero-order chi connectivity index (χ0) is 24.2. The summed E-state index contributed by atoms with van der Waals surface area (Å²) >= 11 is 6.43. The van der Waals surface area contributed by atoms with Gasteiger partial charge in [-0.1, -0.05) is 17.7 Å². The number of benzene rings is 1. The van der Waals surface area contributed by atoms with Crippen LogP contribution in [0.5, 0.6) is 0 Å². The van der Waals surface area contributed by atoms with Gasteiger partial charge in [-0.25, -0.2) is 4.79 Å². The Morgan fingerprint density at radius 2 is 1.94 bits per heavy atom. The van der Waals surface area contributed by atoms with Crippen molar-refractivity contribution in [2.75, 3.05) is 25.0 Å². The van der Waals surface area contributed by atoms with E-state index in [0.29, 0.717) is 42.3 Å². The topological polar surface area (TPSA) is 74.3 Å². The summed E-state index contributed by atoms with van der Waals surface area (Å²) < 4.78 is 38.0. The van der Waals surface area contributed by atoms with Crippen molar-refractivity contribution in [3.8, 4) is 0 Å². The van der Waals surface area contributed by atoms with Gasteiger partial charge in [0.15, 0.2) is 0 Å². The van der Waals surface area contributed by atoms with E-state index < -0.39 is 17.8 Å². The Kier molecular flexibility index (Phi) is 7.63. The summed E-state index contributed by atoms with van der Waals surface area (Å²) in [6, 6.07) is 5.61. The molecule has 0 saturated heterocycles. The summed E-state index contributed by atoms with van der Waals surface area (Å²) in [5.74, 6) is -0.483. The molecule has 0 radical (unpaired) electrons. The molecule has 0 fully saturated rings. The first-order chi connectivity index (χ1) is 15.6. The van der Waals surface area contributed by atoms with E-state index in [4.69, 9.17) is 11.6 Å². The molecule has 10 heteroatoms. The van der Waals surface area contributed by atoms with Gasteiger partial charge in [0.25, 0.3) is 0 Å². The molecule has 0 spiro atoms. The maximum Gasteiger partial charge on any atom is 0.416 e. The van der Waals surface area contributed by atoms with Crippen LogP contribution in [0.1, 0.15) is 43.0 Å². The zero-order valence-electron chi connectivity index (χ0n) is 18.2. The molecular weight excluding hydrogens is 457 g/mol. The Balaban J connectivity index is 1.63. The molecule has 2 heterocycles. The van der Waals surface area contributed by atoms with Gasteiger partial charge in [-0.2, -0.15) is 13.2 Å². The number of anilines is 1. The molecule has 3 rings (SSSR count). The smallest absolute Gasteiger partial charge is 0.356 e. The fourth-order valence-corrected chi connectivity index (χ4v) is 3.71. The predicted octanol–water partition coefficient (Wildman–Crippen LogP) is 5.31. The quantitative estimate of drug-likeness (QED) is 0.608. The van der Waals surface area contributed by atoms with Crippen molar-refractivity contribution in [3.05, 3.63) is 64.4 Å². The molecule has 0 bridgehead atoms. The summed E-state index contributed by atoms with van der Waals surface area (Å²) in [5, 5.41) is 5.80. The number of nitrogens with one attached hydrogen (secondary N) is 2. The minimum atomic E-state index is -4.43. The highest BCUT2D eigenvalue weighted by molar-refractivity contribution is 6.32. The summed E-state index contributed by atoms with van der Waals surface area (Å²) in [4.78, 5) is 30.5. The predicted molar refractivity (Wildman–Crippen MR) is 121 cm³/mol. The molecule has 1 unspecified atom stereocenters. The normalized spacial score (nSPS) is 15.0. The van der Waals surface area contributed by atoms with Gasteiger partial charge in [-0.05, 0) is 61.7 Å². The van der Waals surface area contributed by atoms with Crippen molar-refractivity contribution in [2.24, 2.45) is 0 Å². The van der Waals surface area contributed by atoms with Crippen LogP contribution in [0.4, 0.5) is 23.7 Å². The van der Waals surface area contributed by atoms with Crippen LogP contribution >= 0.6 is 11.6 Å². The molecular formula is C23H24ClF3N4O2. The second-order valence-electron chi connectivity index (χ2n) is 7.65. The number of alkyl halides is 3. The number of nitrogens with zero attached hydrogens (tertiary/aromatic N) is 2. The van der Waals surface area contributed by atoms with Gasteiger partial charge in [0.05, 0.1) is 22.2 Å². The molecule has 1 aliphatic rings. The summed E-state index contributed by atoms with van der Waals surface area (Å²) in [6.07, 6.45) is -0.439. The summed E-state index contributed by atoms with van der Waals surface area (Å²) in [5.41, 5.74) is 1.71. The third-order valence-electron chi connectivity index (χ3n) is 5.37. The minimum Gasteiger partial charge on any atom is -0.356 e. The van der Waals surface area contributed by atoms with Crippen LogP contribution in [0.3, 0.4) is 0 Å². The Labute approximate surface area is 194 Å². The molecule has 1 aromatic heterocycles. The summed E-state index contributed by atoms with van der Waals surface area (Å²) in [7, 11) is 0. The van der Waals surface area contributed by atoms with Crippen LogP contribution < -0.4 is 10.6 Å². The number of rotatable bonds is 5. The molecule has 1 aliphatic heterocycles. The molecule has 6 nitrogen and oxygen atoms in total. The Hall–Kier alpha value is -3.07. The number of aromatic nitrogens is 1. The SMILES string of the molecule is CCNC(=O)C(C)c1cnc(C2=CCN(C(=O)Nc3ccc(C(F)(F)F)cc3)CC2)c(Cl)c1. The van der Waals surface area contributed by atoms with E-state index in [1.807, 2.05) is 13.0 Å². The standard InChI is InChI=1S/C23H24ClF3N4O2/c1-3-28-21(32)14(2)16-12-19(24)20(29-13-16)15-8-10-31(11-9-15)22(33)30-18-6-4-17(5-7-18)23(25,26)27/h4-8,12-14H,3,9-11H2,1-2H3,(H,28,32)(H,30,33). The molecule has 2 N–H and O–H groups in total. The number of likely N-dealkylation sites (N-methyl/N-ethyl adjacent to an activating group) is 1. The fourth-order valence-electron chi connectivity index (χ4n) is 3.42. The largest absolute Gasteiger partial charge is 0.416 e. The van der Waals surface area contributed by atoms with E-state index in [-0.39, 0.29) is 17.5 Å². The van der Waals surface area contributed by atoms with Gasteiger partial charge in [-0.3, -0.25) is 9.78 Å². The lowest BCUT2D eigenvalue weighted by atomic mass is 9.99. The average Bonchev–Trinajstić information content (AvgIpc) is 2.78. The number of halogens is 4.